The van der Waals surface area contributed by atoms with Crippen molar-refractivity contribution >= 4 is 34.4 Å². The molecule has 34 heavy (non-hydrogen) atoms. The molecule has 0 spiro atoms. The van der Waals surface area contributed by atoms with E-state index in [0.717, 1.165) is 28.6 Å². The first-order chi connectivity index (χ1) is 16.5. The molecule has 4 aromatic rings. The minimum Gasteiger partial charge on any atom is -0.454 e. The lowest BCUT2D eigenvalue weighted by Gasteiger charge is -2.18. The molecule has 7 nitrogen and oxygen atoms in total. The van der Waals surface area contributed by atoms with Crippen molar-refractivity contribution < 1.29 is 23.5 Å². The topological polar surface area (TPSA) is 100 Å². The molecule has 0 unspecified atom stereocenters. The smallest absolute Gasteiger partial charge is 0.329 e. The van der Waals surface area contributed by atoms with Gasteiger partial charge in [-0.3, -0.25) is 9.59 Å². The van der Waals surface area contributed by atoms with Gasteiger partial charge in [0.2, 0.25) is 0 Å². The Morgan fingerprint density at radius 3 is 2.38 bits per heavy atom. The van der Waals surface area contributed by atoms with Gasteiger partial charge in [0.05, 0.1) is 0 Å². The van der Waals surface area contributed by atoms with Gasteiger partial charge in [-0.25, -0.2) is 9.18 Å². The number of aromatic nitrogens is 1. The number of halogens is 1. The van der Waals surface area contributed by atoms with Gasteiger partial charge in [0.25, 0.3) is 11.8 Å². The highest BCUT2D eigenvalue weighted by Gasteiger charge is 2.25. The Kier molecular flexibility index (Phi) is 6.98. The van der Waals surface area contributed by atoms with Crippen molar-refractivity contribution in [2.75, 3.05) is 11.9 Å². The first kappa shape index (κ1) is 22.7. The molecule has 1 aromatic heterocycles. The van der Waals surface area contributed by atoms with Crippen molar-refractivity contribution in [2.24, 2.45) is 0 Å². The van der Waals surface area contributed by atoms with E-state index < -0.39 is 36.2 Å². The number of ether oxygens (including phenoxy) is 1. The largest absolute Gasteiger partial charge is 0.454 e. The van der Waals surface area contributed by atoms with Crippen LogP contribution in [-0.2, 0) is 20.7 Å². The van der Waals surface area contributed by atoms with E-state index in [-0.39, 0.29) is 12.0 Å². The second kappa shape index (κ2) is 10.4. The minimum absolute atomic E-state index is 0.135. The number of aromatic amines is 1. The summed E-state index contributed by atoms with van der Waals surface area (Å²) >= 11 is 0. The van der Waals surface area contributed by atoms with Gasteiger partial charge in [0, 0.05) is 34.8 Å². The quantitative estimate of drug-likeness (QED) is 0.349. The van der Waals surface area contributed by atoms with Crippen LogP contribution in [0.25, 0.3) is 10.9 Å². The van der Waals surface area contributed by atoms with Crippen molar-refractivity contribution in [1.29, 1.82) is 0 Å². The number of amides is 2. The molecule has 0 radical (unpaired) electrons. The van der Waals surface area contributed by atoms with Crippen molar-refractivity contribution in [1.82, 2.24) is 10.3 Å². The first-order valence-electron chi connectivity index (χ1n) is 10.6. The van der Waals surface area contributed by atoms with Crippen molar-refractivity contribution in [3.63, 3.8) is 0 Å². The zero-order valence-corrected chi connectivity index (χ0v) is 18.1. The van der Waals surface area contributed by atoms with Crippen LogP contribution in [0.3, 0.4) is 0 Å². The number of hydrogen-bond acceptors (Lipinski definition) is 4. The summed E-state index contributed by atoms with van der Waals surface area (Å²) in [6.07, 6.45) is 1.90. The maximum absolute atomic E-state index is 13.2. The van der Waals surface area contributed by atoms with Gasteiger partial charge in [-0.1, -0.05) is 36.4 Å². The van der Waals surface area contributed by atoms with Gasteiger partial charge < -0.3 is 20.4 Å². The second-order valence-electron chi connectivity index (χ2n) is 7.62. The van der Waals surface area contributed by atoms with E-state index in [1.165, 1.54) is 12.1 Å². The number of rotatable bonds is 8. The average Bonchev–Trinajstić information content (AvgIpc) is 3.26. The Balaban J connectivity index is 1.47. The van der Waals surface area contributed by atoms with Gasteiger partial charge in [-0.05, 0) is 48.0 Å². The van der Waals surface area contributed by atoms with E-state index >= 15 is 0 Å². The number of anilines is 1. The summed E-state index contributed by atoms with van der Waals surface area (Å²) in [4.78, 5) is 40.9. The minimum atomic E-state index is -1.07. The average molecular weight is 459 g/mol. The predicted molar refractivity (Wildman–Crippen MR) is 126 cm³/mol. The Labute approximate surface area is 194 Å². The number of nitrogens with one attached hydrogen (secondary N) is 3. The fourth-order valence-corrected chi connectivity index (χ4v) is 3.51. The Morgan fingerprint density at radius 1 is 0.912 bits per heavy atom. The number of carbonyl (C=O) groups excluding carboxylic acids is 3. The van der Waals surface area contributed by atoms with Crippen LogP contribution < -0.4 is 10.6 Å². The number of benzene rings is 3. The van der Waals surface area contributed by atoms with Crippen LogP contribution in [0.1, 0.15) is 15.9 Å². The SMILES string of the molecule is O=C(COC(=O)[C@@H](Cc1c[nH]c2ccccc12)NC(=O)c1ccc(F)cc1)Nc1ccccc1. The van der Waals surface area contributed by atoms with Crippen LogP contribution in [0, 0.1) is 5.82 Å². The highest BCUT2D eigenvalue weighted by Crippen LogP contribution is 2.20. The lowest BCUT2D eigenvalue weighted by molar-refractivity contribution is -0.149. The lowest BCUT2D eigenvalue weighted by atomic mass is 10.0. The molecule has 3 aromatic carbocycles. The molecule has 0 bridgehead atoms. The molecule has 172 valence electrons. The van der Waals surface area contributed by atoms with Crippen molar-refractivity contribution in [3.05, 3.63) is 102 Å². The standard InChI is InChI=1S/C26H22FN3O4/c27-19-12-10-17(11-13-19)25(32)30-23(14-18-15-28-22-9-5-4-8-21(18)22)26(33)34-16-24(31)29-20-6-2-1-3-7-20/h1-13,15,23,28H,14,16H2,(H,29,31)(H,30,32)/t23-/m1/s1. The number of para-hydroxylation sites is 2. The monoisotopic (exact) mass is 459 g/mol. The Morgan fingerprint density at radius 2 is 1.62 bits per heavy atom. The molecule has 8 heteroatoms. The summed E-state index contributed by atoms with van der Waals surface area (Å²) in [6.45, 7) is -0.509. The summed E-state index contributed by atoms with van der Waals surface area (Å²) in [5, 5.41) is 6.18. The molecule has 0 aliphatic carbocycles. The van der Waals surface area contributed by atoms with Gasteiger partial charge in [-0.2, -0.15) is 0 Å². The second-order valence-corrected chi connectivity index (χ2v) is 7.62. The molecular formula is C26H22FN3O4. The van der Waals surface area contributed by atoms with E-state index in [9.17, 15) is 18.8 Å². The van der Waals surface area contributed by atoms with Crippen LogP contribution in [0.5, 0.6) is 0 Å². The Hall–Kier alpha value is -4.46. The molecule has 0 saturated carbocycles. The Bertz CT molecular complexity index is 1300. The predicted octanol–water partition coefficient (Wildman–Crippen LogP) is 3.83. The maximum Gasteiger partial charge on any atom is 0.329 e. The molecule has 4 rings (SSSR count). The lowest BCUT2D eigenvalue weighted by Crippen LogP contribution is -2.44. The highest BCUT2D eigenvalue weighted by molar-refractivity contribution is 5.98. The summed E-state index contributed by atoms with van der Waals surface area (Å²) in [7, 11) is 0. The van der Waals surface area contributed by atoms with Crippen molar-refractivity contribution in [2.45, 2.75) is 12.5 Å². The number of carbonyl (C=O) groups is 3. The molecule has 1 heterocycles. The number of esters is 1. The van der Waals surface area contributed by atoms with Gasteiger partial charge in [0.15, 0.2) is 6.61 Å². The van der Waals surface area contributed by atoms with Crippen LogP contribution in [0.4, 0.5) is 10.1 Å². The number of fused-ring (bicyclic) bond motifs is 1. The summed E-state index contributed by atoms with van der Waals surface area (Å²) in [5.74, 6) is -2.30. The van der Waals surface area contributed by atoms with E-state index in [4.69, 9.17) is 4.74 Å². The van der Waals surface area contributed by atoms with Crippen LogP contribution in [-0.4, -0.2) is 35.4 Å². The van der Waals surface area contributed by atoms with Gasteiger partial charge >= 0.3 is 5.97 Å². The molecule has 0 saturated heterocycles. The summed E-state index contributed by atoms with van der Waals surface area (Å²) in [5.41, 5.74) is 2.45. The van der Waals surface area contributed by atoms with Crippen molar-refractivity contribution in [3.8, 4) is 0 Å². The van der Waals surface area contributed by atoms with Crippen LogP contribution >= 0.6 is 0 Å². The molecule has 2 amide bonds. The van der Waals surface area contributed by atoms with Crippen LogP contribution in [0.15, 0.2) is 85.1 Å². The highest BCUT2D eigenvalue weighted by atomic mass is 19.1. The third kappa shape index (κ3) is 5.66. The third-order valence-electron chi connectivity index (χ3n) is 5.20. The molecule has 0 aliphatic rings. The molecule has 1 atom stereocenters. The normalized spacial score (nSPS) is 11.6. The first-order valence-corrected chi connectivity index (χ1v) is 10.6. The molecule has 0 fully saturated rings. The molecule has 3 N–H and O–H groups in total. The van der Waals surface area contributed by atoms with E-state index in [1.54, 1.807) is 30.5 Å². The fraction of sp³-hybridized carbons (Fsp3) is 0.115. The maximum atomic E-state index is 13.2. The van der Waals surface area contributed by atoms with Gasteiger partial charge in [-0.15, -0.1) is 0 Å². The van der Waals surface area contributed by atoms with E-state index in [0.29, 0.717) is 5.69 Å². The third-order valence-corrected chi connectivity index (χ3v) is 5.20. The summed E-state index contributed by atoms with van der Waals surface area (Å²) < 4.78 is 18.4. The number of H-pyrrole nitrogens is 1. The van der Waals surface area contributed by atoms with E-state index in [2.05, 4.69) is 15.6 Å². The zero-order valence-electron chi connectivity index (χ0n) is 18.1. The molecular weight excluding hydrogens is 437 g/mol. The van der Waals surface area contributed by atoms with E-state index in [1.807, 2.05) is 30.3 Å². The molecule has 0 aliphatic heterocycles. The fourth-order valence-electron chi connectivity index (χ4n) is 3.51. The van der Waals surface area contributed by atoms with Crippen LogP contribution in [0.2, 0.25) is 0 Å². The zero-order chi connectivity index (χ0) is 23.9. The summed E-state index contributed by atoms with van der Waals surface area (Å²) in [6, 6.07) is 20.2. The number of hydrogen-bond donors (Lipinski definition) is 3. The van der Waals surface area contributed by atoms with Gasteiger partial charge in [0.1, 0.15) is 11.9 Å².